The predicted octanol–water partition coefficient (Wildman–Crippen LogP) is 1.87. The van der Waals surface area contributed by atoms with Crippen molar-refractivity contribution in [1.29, 1.82) is 0 Å². The Hall–Kier alpha value is -0.870. The topological polar surface area (TPSA) is 41.3 Å². The molecule has 1 aromatic heterocycles. The van der Waals surface area contributed by atoms with Gasteiger partial charge in [0.05, 0.1) is 11.8 Å². The molecule has 0 aliphatic carbocycles. The lowest BCUT2D eigenvalue weighted by Gasteiger charge is -2.30. The Labute approximate surface area is 110 Å². The molecule has 1 unspecified atom stereocenters. The van der Waals surface area contributed by atoms with Crippen LogP contribution in [0.4, 0.5) is 0 Å². The Balaban J connectivity index is 2.08. The Morgan fingerprint density at radius 1 is 1.39 bits per heavy atom. The summed E-state index contributed by atoms with van der Waals surface area (Å²) in [6.07, 6.45) is 3.01. The molecule has 0 bridgehead atoms. The molecular weight excluding hydrogens is 226 g/mol. The molecule has 0 radical (unpaired) electrons. The molecule has 18 heavy (non-hydrogen) atoms. The first kappa shape index (κ1) is 13.6. The van der Waals surface area contributed by atoms with E-state index in [0.29, 0.717) is 0 Å². The third kappa shape index (κ3) is 2.93. The van der Waals surface area contributed by atoms with E-state index < -0.39 is 0 Å². The van der Waals surface area contributed by atoms with Gasteiger partial charge in [0.2, 0.25) is 0 Å². The van der Waals surface area contributed by atoms with E-state index in [1.54, 1.807) is 0 Å². The van der Waals surface area contributed by atoms with Crippen LogP contribution in [0, 0.1) is 13.8 Å². The van der Waals surface area contributed by atoms with Crippen molar-refractivity contribution in [2.24, 2.45) is 0 Å². The highest BCUT2D eigenvalue weighted by atomic mass is 16.3. The van der Waals surface area contributed by atoms with Gasteiger partial charge in [0.25, 0.3) is 0 Å². The number of aromatic nitrogens is 2. The first-order valence-corrected chi connectivity index (χ1v) is 7.05. The van der Waals surface area contributed by atoms with Crippen LogP contribution in [0.5, 0.6) is 0 Å². The van der Waals surface area contributed by atoms with Crippen molar-refractivity contribution in [2.75, 3.05) is 13.1 Å². The fourth-order valence-electron chi connectivity index (χ4n) is 2.79. The number of rotatable bonds is 4. The summed E-state index contributed by atoms with van der Waals surface area (Å²) in [6.45, 7) is 10.2. The van der Waals surface area contributed by atoms with Gasteiger partial charge in [-0.3, -0.25) is 9.58 Å². The summed E-state index contributed by atoms with van der Waals surface area (Å²) in [5, 5.41) is 14.3. The van der Waals surface area contributed by atoms with E-state index in [1.807, 2.05) is 0 Å². The van der Waals surface area contributed by atoms with E-state index in [4.69, 9.17) is 0 Å². The van der Waals surface area contributed by atoms with Crippen LogP contribution in [0.3, 0.4) is 0 Å². The van der Waals surface area contributed by atoms with Crippen molar-refractivity contribution < 1.29 is 5.11 Å². The van der Waals surface area contributed by atoms with Crippen molar-refractivity contribution >= 4 is 0 Å². The fraction of sp³-hybridized carbons (Fsp3) is 0.786. The average molecular weight is 251 g/mol. The zero-order valence-electron chi connectivity index (χ0n) is 11.8. The lowest BCUT2D eigenvalue weighted by Crippen LogP contribution is -2.37. The highest BCUT2D eigenvalue weighted by Crippen LogP contribution is 2.19. The normalized spacial score (nSPS) is 21.4. The lowest BCUT2D eigenvalue weighted by molar-refractivity contribution is 0.0666. The highest BCUT2D eigenvalue weighted by Gasteiger charge is 2.20. The quantitative estimate of drug-likeness (QED) is 0.888. The van der Waals surface area contributed by atoms with Gasteiger partial charge in [-0.2, -0.15) is 5.10 Å². The monoisotopic (exact) mass is 251 g/mol. The molecule has 4 nitrogen and oxygen atoms in total. The van der Waals surface area contributed by atoms with Crippen LogP contribution in [0.15, 0.2) is 0 Å². The summed E-state index contributed by atoms with van der Waals surface area (Å²) in [5.74, 6) is 0. The Bertz CT molecular complexity index is 400. The lowest BCUT2D eigenvalue weighted by atomic mass is 10.1. The molecule has 0 aromatic carbocycles. The Morgan fingerprint density at radius 3 is 2.83 bits per heavy atom. The first-order chi connectivity index (χ1) is 8.61. The Morgan fingerprint density at radius 2 is 2.17 bits per heavy atom. The molecule has 2 rings (SSSR count). The van der Waals surface area contributed by atoms with Crippen molar-refractivity contribution in [3.8, 4) is 0 Å². The van der Waals surface area contributed by atoms with Crippen molar-refractivity contribution in [1.82, 2.24) is 14.7 Å². The number of piperidine rings is 1. The van der Waals surface area contributed by atoms with E-state index in [0.717, 1.165) is 51.1 Å². The van der Waals surface area contributed by atoms with Gasteiger partial charge in [-0.15, -0.1) is 0 Å². The van der Waals surface area contributed by atoms with Crippen LogP contribution in [-0.2, 0) is 13.1 Å². The molecule has 0 amide bonds. The van der Waals surface area contributed by atoms with Gasteiger partial charge in [-0.25, -0.2) is 0 Å². The molecule has 2 heterocycles. The molecule has 4 heteroatoms. The largest absolute Gasteiger partial charge is 0.392 e. The van der Waals surface area contributed by atoms with Crippen LogP contribution in [0.2, 0.25) is 0 Å². The second-order valence-corrected chi connectivity index (χ2v) is 5.40. The first-order valence-electron chi connectivity index (χ1n) is 7.05. The van der Waals surface area contributed by atoms with Crippen LogP contribution < -0.4 is 0 Å². The van der Waals surface area contributed by atoms with Crippen molar-refractivity contribution in [2.45, 2.75) is 59.2 Å². The summed E-state index contributed by atoms with van der Waals surface area (Å²) in [5.41, 5.74) is 3.77. The number of nitrogens with zero attached hydrogens (tertiary/aromatic N) is 3. The summed E-state index contributed by atoms with van der Waals surface area (Å²) in [4.78, 5) is 2.35. The van der Waals surface area contributed by atoms with Gasteiger partial charge >= 0.3 is 0 Å². The summed E-state index contributed by atoms with van der Waals surface area (Å²) < 4.78 is 2.12. The predicted molar refractivity (Wildman–Crippen MR) is 72.5 cm³/mol. The number of β-amino-alcohol motifs (C(OH)–C–C–N with tert-alkyl or cyclic N) is 1. The molecule has 0 saturated carbocycles. The van der Waals surface area contributed by atoms with E-state index in [-0.39, 0.29) is 6.10 Å². The zero-order valence-corrected chi connectivity index (χ0v) is 11.8. The summed E-state index contributed by atoms with van der Waals surface area (Å²) in [7, 11) is 0. The molecule has 1 saturated heterocycles. The number of aliphatic hydroxyl groups is 1. The van der Waals surface area contributed by atoms with Crippen LogP contribution in [0.1, 0.15) is 43.1 Å². The zero-order chi connectivity index (χ0) is 13.1. The number of aryl methyl sites for hydroxylation is 2. The van der Waals surface area contributed by atoms with E-state index in [2.05, 4.69) is 35.5 Å². The van der Waals surface area contributed by atoms with Crippen molar-refractivity contribution in [3.63, 3.8) is 0 Å². The highest BCUT2D eigenvalue weighted by molar-refractivity contribution is 5.24. The minimum atomic E-state index is -0.148. The second-order valence-electron chi connectivity index (χ2n) is 5.40. The average Bonchev–Trinajstić information content (AvgIpc) is 2.58. The number of hydrogen-bond acceptors (Lipinski definition) is 3. The van der Waals surface area contributed by atoms with E-state index in [1.165, 1.54) is 11.3 Å². The van der Waals surface area contributed by atoms with E-state index in [9.17, 15) is 5.11 Å². The van der Waals surface area contributed by atoms with Crippen LogP contribution in [0.25, 0.3) is 0 Å². The molecule has 1 aromatic rings. The fourth-order valence-corrected chi connectivity index (χ4v) is 2.79. The molecule has 1 aliphatic rings. The van der Waals surface area contributed by atoms with Gasteiger partial charge in [0, 0.05) is 30.9 Å². The van der Waals surface area contributed by atoms with Crippen LogP contribution >= 0.6 is 0 Å². The number of likely N-dealkylation sites (tertiary alicyclic amines) is 1. The maximum absolute atomic E-state index is 9.72. The molecule has 1 N–H and O–H groups in total. The summed E-state index contributed by atoms with van der Waals surface area (Å²) >= 11 is 0. The molecule has 1 atom stereocenters. The minimum absolute atomic E-state index is 0.148. The van der Waals surface area contributed by atoms with E-state index >= 15 is 0 Å². The molecule has 1 fully saturated rings. The standard InChI is InChI=1S/C14H25N3O/c1-4-7-17-12(3)14(11(2)15-17)10-16-8-5-6-13(18)9-16/h13,18H,4-10H2,1-3H3. The Kier molecular flexibility index (Phi) is 4.40. The third-order valence-corrected chi connectivity index (χ3v) is 3.83. The maximum atomic E-state index is 9.72. The maximum Gasteiger partial charge on any atom is 0.0667 e. The number of hydrogen-bond donors (Lipinski definition) is 1. The number of aliphatic hydroxyl groups excluding tert-OH is 1. The molecule has 1 aliphatic heterocycles. The summed E-state index contributed by atoms with van der Waals surface area (Å²) in [6, 6.07) is 0. The SMILES string of the molecule is CCCn1nc(C)c(CN2CCCC(O)C2)c1C. The molecule has 102 valence electrons. The molecular formula is C14H25N3O. The van der Waals surface area contributed by atoms with Gasteiger partial charge in [0.1, 0.15) is 0 Å². The van der Waals surface area contributed by atoms with Gasteiger partial charge in [0.15, 0.2) is 0 Å². The van der Waals surface area contributed by atoms with Crippen molar-refractivity contribution in [3.05, 3.63) is 17.0 Å². The third-order valence-electron chi connectivity index (χ3n) is 3.83. The van der Waals surface area contributed by atoms with Gasteiger partial charge < -0.3 is 5.11 Å². The van der Waals surface area contributed by atoms with Gasteiger partial charge in [-0.05, 0) is 39.7 Å². The molecule has 0 spiro atoms. The van der Waals surface area contributed by atoms with Gasteiger partial charge in [-0.1, -0.05) is 6.92 Å². The second kappa shape index (κ2) is 5.85. The smallest absolute Gasteiger partial charge is 0.0667 e. The van der Waals surface area contributed by atoms with Crippen LogP contribution in [-0.4, -0.2) is 39.0 Å². The minimum Gasteiger partial charge on any atom is -0.392 e.